The highest BCUT2D eigenvalue weighted by Gasteiger charge is 2.36. The van der Waals surface area contributed by atoms with Crippen LogP contribution in [0.3, 0.4) is 0 Å². The van der Waals surface area contributed by atoms with Crippen molar-refractivity contribution in [3.63, 3.8) is 0 Å². The van der Waals surface area contributed by atoms with Crippen molar-refractivity contribution in [2.45, 2.75) is 58.4 Å². The molecule has 0 unspecified atom stereocenters. The van der Waals surface area contributed by atoms with Crippen LogP contribution in [0.5, 0.6) is 0 Å². The molecule has 1 aliphatic carbocycles. The molecule has 2 N–H and O–H groups in total. The lowest BCUT2D eigenvalue weighted by molar-refractivity contribution is -0.133. The largest absolute Gasteiger partial charge is 0.478 e. The Hall–Kier alpha value is -3.61. The maximum atomic E-state index is 13.5. The lowest BCUT2D eigenvalue weighted by Crippen LogP contribution is -2.39. The van der Waals surface area contributed by atoms with Gasteiger partial charge in [0, 0.05) is 41.7 Å². The van der Waals surface area contributed by atoms with Gasteiger partial charge in [0.2, 0.25) is 5.91 Å². The highest BCUT2D eigenvalue weighted by molar-refractivity contribution is 5.94. The van der Waals surface area contributed by atoms with Gasteiger partial charge in [-0.2, -0.15) is 0 Å². The number of piperidine rings is 1. The maximum absolute atomic E-state index is 13.5. The molecule has 1 saturated heterocycles. The number of likely N-dealkylation sites (tertiary alicyclic amines) is 1. The molecular weight excluding hydrogens is 456 g/mol. The van der Waals surface area contributed by atoms with Gasteiger partial charge < -0.3 is 19.7 Å². The summed E-state index contributed by atoms with van der Waals surface area (Å²) in [5, 5.41) is 13.4. The lowest BCUT2D eigenvalue weighted by atomic mass is 9.90. The van der Waals surface area contributed by atoms with Gasteiger partial charge >= 0.3 is 5.97 Å². The van der Waals surface area contributed by atoms with E-state index >= 15 is 0 Å². The Morgan fingerprint density at radius 1 is 1.08 bits per heavy atom. The Kier molecular flexibility index (Phi) is 6.33. The van der Waals surface area contributed by atoms with E-state index in [1.807, 2.05) is 37.8 Å². The average molecular weight is 489 g/mol. The van der Waals surface area contributed by atoms with Crippen LogP contribution >= 0.6 is 0 Å². The number of nitrogens with one attached hydrogen (secondary N) is 1. The number of aromatic carboxylic acids is 1. The normalized spacial score (nSPS) is 17.2. The second-order valence-corrected chi connectivity index (χ2v) is 10.2. The Balaban J connectivity index is 1.49. The third kappa shape index (κ3) is 4.50. The van der Waals surface area contributed by atoms with Crippen molar-refractivity contribution in [3.05, 3.63) is 74.6 Å². The first kappa shape index (κ1) is 24.1. The summed E-state index contributed by atoms with van der Waals surface area (Å²) in [7, 11) is 0. The number of carboxylic acid groups (broad SMARTS) is 1. The molecule has 1 atom stereocenters. The van der Waals surface area contributed by atoms with Crippen molar-refractivity contribution in [2.24, 2.45) is 5.92 Å². The summed E-state index contributed by atoms with van der Waals surface area (Å²) in [6, 6.07) is 10.3. The standard InChI is InChI=1S/C29H32N2O5/c1-16-14-22(18(3)30-24-7-5-4-6-21(24)29(34)35)27-23(15-16)25(32)17(2)26(36-27)19-10-12-31(13-11-19)28(33)20-8-9-20/h4-7,14-15,18-20,30H,8-13H2,1-3H3,(H,34,35)/t18-/m1/s1. The lowest BCUT2D eigenvalue weighted by Gasteiger charge is -2.32. The highest BCUT2D eigenvalue weighted by atomic mass is 16.4. The smallest absolute Gasteiger partial charge is 0.337 e. The molecule has 2 fully saturated rings. The zero-order valence-corrected chi connectivity index (χ0v) is 21.0. The van der Waals surface area contributed by atoms with Gasteiger partial charge in [0.15, 0.2) is 5.43 Å². The summed E-state index contributed by atoms with van der Waals surface area (Å²) in [6.07, 6.45) is 3.55. The van der Waals surface area contributed by atoms with Crippen molar-refractivity contribution < 1.29 is 19.1 Å². The Morgan fingerprint density at radius 2 is 1.78 bits per heavy atom. The summed E-state index contributed by atoms with van der Waals surface area (Å²) in [4.78, 5) is 39.6. The van der Waals surface area contributed by atoms with E-state index in [0.717, 1.165) is 36.8 Å². The van der Waals surface area contributed by atoms with E-state index in [1.54, 1.807) is 24.3 Å². The third-order valence-corrected chi connectivity index (χ3v) is 7.53. The third-order valence-electron chi connectivity index (χ3n) is 7.53. The number of fused-ring (bicyclic) bond motifs is 1. The molecule has 1 amide bonds. The number of rotatable bonds is 6. The molecule has 0 spiro atoms. The van der Waals surface area contributed by atoms with Crippen LogP contribution in [0.15, 0.2) is 45.6 Å². The molecule has 1 saturated carbocycles. The van der Waals surface area contributed by atoms with Crippen LogP contribution < -0.4 is 10.7 Å². The first-order valence-electron chi connectivity index (χ1n) is 12.7. The first-order valence-corrected chi connectivity index (χ1v) is 12.7. The van der Waals surface area contributed by atoms with Crippen molar-refractivity contribution in [3.8, 4) is 0 Å². The molecule has 7 heteroatoms. The second kappa shape index (κ2) is 9.45. The fourth-order valence-electron chi connectivity index (χ4n) is 5.35. The molecule has 0 bridgehead atoms. The summed E-state index contributed by atoms with van der Waals surface area (Å²) in [5.41, 5.74) is 3.57. The number of carbonyl (C=O) groups excluding carboxylic acids is 1. The summed E-state index contributed by atoms with van der Waals surface area (Å²) in [6.45, 7) is 7.08. The number of aryl methyl sites for hydroxylation is 1. The zero-order chi connectivity index (χ0) is 25.6. The number of anilines is 1. The van der Waals surface area contributed by atoms with Gasteiger partial charge in [-0.05, 0) is 70.2 Å². The number of nitrogens with zero attached hydrogens (tertiary/aromatic N) is 1. The van der Waals surface area contributed by atoms with Crippen LogP contribution in [0.25, 0.3) is 11.0 Å². The van der Waals surface area contributed by atoms with E-state index in [1.165, 1.54) is 0 Å². The molecule has 7 nitrogen and oxygen atoms in total. The Morgan fingerprint density at radius 3 is 2.44 bits per heavy atom. The predicted octanol–water partition coefficient (Wildman–Crippen LogP) is 5.40. The minimum absolute atomic E-state index is 0.0363. The van der Waals surface area contributed by atoms with Crippen LogP contribution in [0.1, 0.15) is 77.4 Å². The maximum Gasteiger partial charge on any atom is 0.337 e. The molecule has 188 valence electrons. The van der Waals surface area contributed by atoms with Gasteiger partial charge in [0.25, 0.3) is 0 Å². The van der Waals surface area contributed by atoms with Crippen molar-refractivity contribution in [1.29, 1.82) is 0 Å². The average Bonchev–Trinajstić information content (AvgIpc) is 3.71. The van der Waals surface area contributed by atoms with Crippen LogP contribution in [0, 0.1) is 19.8 Å². The molecular formula is C29H32N2O5. The summed E-state index contributed by atoms with van der Waals surface area (Å²) < 4.78 is 6.53. The number of carboxylic acids is 1. The van der Waals surface area contributed by atoms with Crippen LogP contribution in [0.4, 0.5) is 5.69 Å². The van der Waals surface area contributed by atoms with Crippen LogP contribution in [0.2, 0.25) is 0 Å². The molecule has 0 radical (unpaired) electrons. The van der Waals surface area contributed by atoms with Gasteiger partial charge in [-0.3, -0.25) is 9.59 Å². The zero-order valence-electron chi connectivity index (χ0n) is 21.0. The van der Waals surface area contributed by atoms with Crippen molar-refractivity contribution in [1.82, 2.24) is 4.90 Å². The van der Waals surface area contributed by atoms with Gasteiger partial charge in [-0.25, -0.2) is 4.79 Å². The van der Waals surface area contributed by atoms with E-state index in [2.05, 4.69) is 5.32 Å². The van der Waals surface area contributed by atoms with Crippen molar-refractivity contribution >= 4 is 28.5 Å². The first-order chi connectivity index (χ1) is 17.2. The minimum atomic E-state index is -1.00. The number of para-hydroxylation sites is 1. The highest BCUT2D eigenvalue weighted by Crippen LogP contribution is 2.37. The number of hydrogen-bond donors (Lipinski definition) is 2. The van der Waals surface area contributed by atoms with Crippen LogP contribution in [-0.2, 0) is 4.79 Å². The van der Waals surface area contributed by atoms with Gasteiger partial charge in [0.1, 0.15) is 11.3 Å². The monoisotopic (exact) mass is 488 g/mol. The number of amides is 1. The molecule has 5 rings (SSSR count). The van der Waals surface area contributed by atoms with E-state index in [0.29, 0.717) is 41.1 Å². The van der Waals surface area contributed by atoms with Gasteiger partial charge in [-0.1, -0.05) is 18.2 Å². The van der Waals surface area contributed by atoms with E-state index in [-0.39, 0.29) is 34.8 Å². The molecule has 3 aromatic rings. The second-order valence-electron chi connectivity index (χ2n) is 10.2. The number of hydrogen-bond acceptors (Lipinski definition) is 5. The summed E-state index contributed by atoms with van der Waals surface area (Å²) in [5.74, 6) is 0.262. The molecule has 1 aromatic heterocycles. The quantitative estimate of drug-likeness (QED) is 0.482. The Labute approximate surface area is 210 Å². The number of carbonyl (C=O) groups is 2. The molecule has 1 aliphatic heterocycles. The predicted molar refractivity (Wildman–Crippen MR) is 139 cm³/mol. The van der Waals surface area contributed by atoms with E-state index in [9.17, 15) is 19.5 Å². The Bertz CT molecular complexity index is 1400. The molecule has 36 heavy (non-hydrogen) atoms. The van der Waals surface area contributed by atoms with Crippen LogP contribution in [-0.4, -0.2) is 35.0 Å². The molecule has 2 aliphatic rings. The minimum Gasteiger partial charge on any atom is -0.478 e. The number of benzene rings is 2. The molecule has 2 aromatic carbocycles. The topological polar surface area (TPSA) is 99.8 Å². The van der Waals surface area contributed by atoms with E-state index in [4.69, 9.17) is 4.42 Å². The van der Waals surface area contributed by atoms with Gasteiger partial charge in [-0.15, -0.1) is 0 Å². The fourth-order valence-corrected chi connectivity index (χ4v) is 5.35. The van der Waals surface area contributed by atoms with E-state index < -0.39 is 5.97 Å². The van der Waals surface area contributed by atoms with Crippen molar-refractivity contribution in [2.75, 3.05) is 18.4 Å². The summed E-state index contributed by atoms with van der Waals surface area (Å²) >= 11 is 0. The fraction of sp³-hybridized carbons (Fsp3) is 0.414. The molecule has 2 heterocycles. The van der Waals surface area contributed by atoms with Gasteiger partial charge in [0.05, 0.1) is 17.0 Å². The SMILES string of the molecule is Cc1cc([C@@H](C)Nc2ccccc2C(=O)O)c2oc(C3CCN(C(=O)C4CC4)CC3)c(C)c(=O)c2c1.